The number of aliphatic hydroxyl groups is 1. The highest BCUT2D eigenvalue weighted by Gasteiger charge is 2.32. The maximum atomic E-state index is 12.5. The van der Waals surface area contributed by atoms with E-state index in [4.69, 9.17) is 10.2 Å². The number of carboxylic acid groups (broad SMARTS) is 1. The van der Waals surface area contributed by atoms with Crippen LogP contribution in [0.3, 0.4) is 0 Å². The molecule has 0 fully saturated rings. The molecule has 0 saturated heterocycles. The van der Waals surface area contributed by atoms with Gasteiger partial charge in [0.2, 0.25) is 0 Å². The molecule has 0 saturated carbocycles. The number of alkyl halides is 3. The number of anilines is 1. The molecule has 0 aliphatic heterocycles. The first-order chi connectivity index (χ1) is 8.81. The van der Waals surface area contributed by atoms with Crippen molar-refractivity contribution in [2.24, 2.45) is 0 Å². The number of carboxylic acids is 1. The first-order valence-corrected chi connectivity index (χ1v) is 5.61. The number of nitrogens with zero attached hydrogens (tertiary/aromatic N) is 1. The normalized spacial score (nSPS) is 11.4. The van der Waals surface area contributed by atoms with Gasteiger partial charge >= 0.3 is 12.1 Å². The molecule has 106 valence electrons. The Hall–Kier alpha value is -1.76. The summed E-state index contributed by atoms with van der Waals surface area (Å²) < 4.78 is 37.6. The van der Waals surface area contributed by atoms with Gasteiger partial charge in [0.1, 0.15) is 0 Å². The number of aliphatic hydroxyl groups excluding tert-OH is 1. The monoisotopic (exact) mass is 277 g/mol. The van der Waals surface area contributed by atoms with Crippen LogP contribution in [0.4, 0.5) is 18.9 Å². The van der Waals surface area contributed by atoms with Crippen LogP contribution in [-0.2, 0) is 6.18 Å². The molecule has 2 N–H and O–H groups in total. The first-order valence-electron chi connectivity index (χ1n) is 5.61. The number of rotatable bonds is 5. The minimum Gasteiger partial charge on any atom is -0.478 e. The van der Waals surface area contributed by atoms with Gasteiger partial charge < -0.3 is 15.1 Å². The highest BCUT2D eigenvalue weighted by Crippen LogP contribution is 2.32. The van der Waals surface area contributed by atoms with Crippen molar-refractivity contribution >= 4 is 11.7 Å². The topological polar surface area (TPSA) is 60.8 Å². The predicted molar refractivity (Wildman–Crippen MR) is 63.4 cm³/mol. The van der Waals surface area contributed by atoms with Crippen molar-refractivity contribution in [3.8, 4) is 0 Å². The van der Waals surface area contributed by atoms with Gasteiger partial charge in [0, 0.05) is 13.1 Å². The summed E-state index contributed by atoms with van der Waals surface area (Å²) >= 11 is 0. The van der Waals surface area contributed by atoms with E-state index in [-0.39, 0.29) is 18.8 Å². The van der Waals surface area contributed by atoms with Crippen molar-refractivity contribution in [2.45, 2.75) is 13.1 Å². The van der Waals surface area contributed by atoms with Gasteiger partial charge in [-0.25, -0.2) is 4.79 Å². The average molecular weight is 277 g/mol. The second kappa shape index (κ2) is 5.92. The van der Waals surface area contributed by atoms with E-state index in [1.807, 2.05) is 0 Å². The Morgan fingerprint density at radius 1 is 1.37 bits per heavy atom. The summed E-state index contributed by atoms with van der Waals surface area (Å²) in [5.74, 6) is -1.43. The van der Waals surface area contributed by atoms with Gasteiger partial charge in [-0.1, -0.05) is 0 Å². The summed E-state index contributed by atoms with van der Waals surface area (Å²) in [6.45, 7) is 2.04. The summed E-state index contributed by atoms with van der Waals surface area (Å²) in [4.78, 5) is 12.6. The number of likely N-dealkylation sites (N-methyl/N-ethyl adjacent to an activating group) is 1. The van der Waals surface area contributed by atoms with E-state index >= 15 is 0 Å². The van der Waals surface area contributed by atoms with Crippen molar-refractivity contribution in [1.82, 2.24) is 0 Å². The van der Waals surface area contributed by atoms with Crippen LogP contribution in [-0.4, -0.2) is 35.9 Å². The molecular formula is C12H14F3NO3. The molecule has 0 amide bonds. The average Bonchev–Trinajstić information content (AvgIpc) is 2.34. The number of hydrogen-bond donors (Lipinski definition) is 2. The van der Waals surface area contributed by atoms with Crippen LogP contribution in [0.1, 0.15) is 22.8 Å². The molecule has 0 radical (unpaired) electrons. The van der Waals surface area contributed by atoms with Crippen LogP contribution >= 0.6 is 0 Å². The van der Waals surface area contributed by atoms with Crippen LogP contribution in [0.5, 0.6) is 0 Å². The third-order valence-electron chi connectivity index (χ3n) is 2.65. The summed E-state index contributed by atoms with van der Waals surface area (Å²) in [6.07, 6.45) is -4.59. The lowest BCUT2D eigenvalue weighted by atomic mass is 10.1. The molecule has 19 heavy (non-hydrogen) atoms. The standard InChI is InChI=1S/C12H14F3NO3/c1-2-16(5-6-17)10-4-3-8(12(13,14)15)7-9(10)11(18)19/h3-4,7,17H,2,5-6H2,1H3,(H,18,19). The fourth-order valence-corrected chi connectivity index (χ4v) is 1.73. The molecule has 1 rings (SSSR count). The van der Waals surface area contributed by atoms with E-state index < -0.39 is 23.3 Å². The van der Waals surface area contributed by atoms with E-state index in [1.165, 1.54) is 4.90 Å². The minimum absolute atomic E-state index is 0.155. The molecule has 0 aromatic heterocycles. The zero-order valence-electron chi connectivity index (χ0n) is 10.2. The number of hydrogen-bond acceptors (Lipinski definition) is 3. The molecule has 0 aliphatic rings. The number of halogens is 3. The molecule has 1 aromatic carbocycles. The Bertz CT molecular complexity index is 460. The van der Waals surface area contributed by atoms with Crippen molar-refractivity contribution in [3.63, 3.8) is 0 Å². The smallest absolute Gasteiger partial charge is 0.416 e. The highest BCUT2D eigenvalue weighted by atomic mass is 19.4. The summed E-state index contributed by atoms with van der Waals surface area (Å²) in [7, 11) is 0. The molecular weight excluding hydrogens is 263 g/mol. The third-order valence-corrected chi connectivity index (χ3v) is 2.65. The largest absolute Gasteiger partial charge is 0.478 e. The van der Waals surface area contributed by atoms with Crippen molar-refractivity contribution in [3.05, 3.63) is 29.3 Å². The molecule has 0 bridgehead atoms. The number of carbonyl (C=O) groups is 1. The van der Waals surface area contributed by atoms with Crippen LogP contribution in [0.25, 0.3) is 0 Å². The Morgan fingerprint density at radius 3 is 2.42 bits per heavy atom. The van der Waals surface area contributed by atoms with Gasteiger partial charge in [0.25, 0.3) is 0 Å². The van der Waals surface area contributed by atoms with E-state index in [9.17, 15) is 18.0 Å². The fraction of sp³-hybridized carbons (Fsp3) is 0.417. The lowest BCUT2D eigenvalue weighted by molar-refractivity contribution is -0.137. The Labute approximate surface area is 108 Å². The van der Waals surface area contributed by atoms with Crippen LogP contribution < -0.4 is 4.90 Å². The summed E-state index contributed by atoms with van der Waals surface area (Å²) in [6, 6.07) is 2.56. The molecule has 1 aromatic rings. The van der Waals surface area contributed by atoms with Gasteiger partial charge in [0.05, 0.1) is 23.4 Å². The number of aromatic carboxylic acids is 1. The lowest BCUT2D eigenvalue weighted by Gasteiger charge is -2.24. The number of benzene rings is 1. The minimum atomic E-state index is -4.59. The van der Waals surface area contributed by atoms with E-state index in [0.717, 1.165) is 12.1 Å². The van der Waals surface area contributed by atoms with Gasteiger partial charge in [-0.3, -0.25) is 0 Å². The molecule has 0 heterocycles. The van der Waals surface area contributed by atoms with Crippen molar-refractivity contribution in [2.75, 3.05) is 24.6 Å². The van der Waals surface area contributed by atoms with E-state index in [0.29, 0.717) is 12.6 Å². The second-order valence-electron chi connectivity index (χ2n) is 3.84. The summed E-state index contributed by atoms with van der Waals surface area (Å²) in [5.41, 5.74) is -1.27. The SMILES string of the molecule is CCN(CCO)c1ccc(C(F)(F)F)cc1C(=O)O. The molecule has 7 heteroatoms. The zero-order valence-corrected chi connectivity index (χ0v) is 10.2. The predicted octanol–water partition coefficient (Wildman–Crippen LogP) is 2.22. The van der Waals surface area contributed by atoms with Crippen molar-refractivity contribution < 1.29 is 28.2 Å². The van der Waals surface area contributed by atoms with Crippen molar-refractivity contribution in [1.29, 1.82) is 0 Å². The van der Waals surface area contributed by atoms with E-state index in [1.54, 1.807) is 6.92 Å². The molecule has 0 unspecified atom stereocenters. The Balaban J connectivity index is 3.29. The van der Waals surface area contributed by atoms with Gasteiger partial charge in [-0.05, 0) is 25.1 Å². The highest BCUT2D eigenvalue weighted by molar-refractivity contribution is 5.94. The second-order valence-corrected chi connectivity index (χ2v) is 3.84. The van der Waals surface area contributed by atoms with Crippen LogP contribution in [0.2, 0.25) is 0 Å². The first kappa shape index (κ1) is 15.3. The Kier molecular flexibility index (Phi) is 4.77. The molecule has 0 atom stereocenters. The van der Waals surface area contributed by atoms with E-state index in [2.05, 4.69) is 0 Å². The zero-order chi connectivity index (χ0) is 14.6. The quantitative estimate of drug-likeness (QED) is 0.866. The third kappa shape index (κ3) is 3.60. The van der Waals surface area contributed by atoms with Gasteiger partial charge in [0.15, 0.2) is 0 Å². The summed E-state index contributed by atoms with van der Waals surface area (Å²) in [5, 5.41) is 17.9. The molecule has 0 aliphatic carbocycles. The maximum absolute atomic E-state index is 12.5. The lowest BCUT2D eigenvalue weighted by Crippen LogP contribution is -2.28. The molecule has 0 spiro atoms. The Morgan fingerprint density at radius 2 is 2.00 bits per heavy atom. The molecule has 4 nitrogen and oxygen atoms in total. The van der Waals surface area contributed by atoms with Crippen LogP contribution in [0, 0.1) is 0 Å². The van der Waals surface area contributed by atoms with Crippen LogP contribution in [0.15, 0.2) is 18.2 Å². The maximum Gasteiger partial charge on any atom is 0.416 e. The van der Waals surface area contributed by atoms with Gasteiger partial charge in [-0.2, -0.15) is 13.2 Å². The fourth-order valence-electron chi connectivity index (χ4n) is 1.73. The van der Waals surface area contributed by atoms with Gasteiger partial charge in [-0.15, -0.1) is 0 Å².